The quantitative estimate of drug-likeness (QED) is 0.730. The number of rotatable bonds is 0. The van der Waals surface area contributed by atoms with Crippen LogP contribution in [-0.4, -0.2) is 10.4 Å². The molecule has 0 unspecified atom stereocenters. The summed E-state index contributed by atoms with van der Waals surface area (Å²) in [5.74, 6) is 0.547. The number of hydrogen-bond acceptors (Lipinski definition) is 2. The molecule has 0 aliphatic carbocycles. The van der Waals surface area contributed by atoms with Gasteiger partial charge in [0.25, 0.3) is 0 Å². The zero-order chi connectivity index (χ0) is 12.9. The Labute approximate surface area is 110 Å². The van der Waals surface area contributed by atoms with Crippen LogP contribution < -0.4 is 4.74 Å². The number of carbonyl (C=O) groups is 1. The fraction of sp³-hybridized carbons (Fsp3) is 0.214. The largest absolute Gasteiger partial charge is 0.488 e. The maximum Gasteiger partial charge on any atom is 0.213 e. The van der Waals surface area contributed by atoms with Crippen LogP contribution in [0.4, 0.5) is 0 Å². The van der Waals surface area contributed by atoms with Gasteiger partial charge in [0.1, 0.15) is 12.4 Å². The lowest BCUT2D eigenvalue weighted by Crippen LogP contribution is -2.08. The second-order valence-electron chi connectivity index (χ2n) is 4.48. The Bertz CT molecular complexity index is 658. The SMILES string of the molecule is Cc1cc2c(n1C)C(=O)c1ccc(Cl)cc1OC2. The summed E-state index contributed by atoms with van der Waals surface area (Å²) in [7, 11) is 1.90. The molecular weight excluding hydrogens is 250 g/mol. The van der Waals surface area contributed by atoms with Gasteiger partial charge in [-0.1, -0.05) is 11.6 Å². The standard InChI is InChI=1S/C14H12ClNO2/c1-8-5-9-7-18-12-6-10(15)3-4-11(12)14(17)13(9)16(8)2/h3-6H,7H2,1-2H3. The van der Waals surface area contributed by atoms with E-state index in [0.29, 0.717) is 28.6 Å². The van der Waals surface area contributed by atoms with Crippen molar-refractivity contribution in [1.29, 1.82) is 0 Å². The third kappa shape index (κ3) is 1.55. The molecule has 0 bridgehead atoms. The number of ketones is 1. The summed E-state index contributed by atoms with van der Waals surface area (Å²) < 4.78 is 7.58. The first-order valence-electron chi connectivity index (χ1n) is 5.70. The van der Waals surface area contributed by atoms with Crippen LogP contribution in [0.5, 0.6) is 5.75 Å². The summed E-state index contributed by atoms with van der Waals surface area (Å²) in [6, 6.07) is 7.11. The third-order valence-electron chi connectivity index (χ3n) is 3.34. The lowest BCUT2D eigenvalue weighted by Gasteiger charge is -2.07. The first-order valence-corrected chi connectivity index (χ1v) is 6.08. The average molecular weight is 262 g/mol. The molecular formula is C14H12ClNO2. The van der Waals surface area contributed by atoms with E-state index in [1.807, 2.05) is 24.6 Å². The Kier molecular flexibility index (Phi) is 2.45. The highest BCUT2D eigenvalue weighted by molar-refractivity contribution is 6.31. The highest BCUT2D eigenvalue weighted by Gasteiger charge is 2.25. The smallest absolute Gasteiger partial charge is 0.213 e. The molecule has 1 aromatic carbocycles. The molecule has 3 nitrogen and oxygen atoms in total. The van der Waals surface area contributed by atoms with Gasteiger partial charge >= 0.3 is 0 Å². The average Bonchev–Trinajstić information content (AvgIpc) is 2.54. The molecule has 0 saturated heterocycles. The second kappa shape index (κ2) is 3.89. The fourth-order valence-electron chi connectivity index (χ4n) is 2.30. The van der Waals surface area contributed by atoms with E-state index in [-0.39, 0.29) is 5.78 Å². The van der Waals surface area contributed by atoms with Gasteiger partial charge in [0.15, 0.2) is 0 Å². The Balaban J connectivity index is 2.23. The number of fused-ring (bicyclic) bond motifs is 2. The normalized spacial score (nSPS) is 13.6. The van der Waals surface area contributed by atoms with Crippen LogP contribution in [0.3, 0.4) is 0 Å². The third-order valence-corrected chi connectivity index (χ3v) is 3.57. The molecule has 18 heavy (non-hydrogen) atoms. The molecule has 4 heteroatoms. The molecule has 0 atom stereocenters. The minimum atomic E-state index is -0.00948. The second-order valence-corrected chi connectivity index (χ2v) is 4.91. The van der Waals surface area contributed by atoms with Crippen molar-refractivity contribution in [2.24, 2.45) is 7.05 Å². The van der Waals surface area contributed by atoms with Crippen LogP contribution in [0.1, 0.15) is 27.3 Å². The van der Waals surface area contributed by atoms with Gasteiger partial charge in [-0.25, -0.2) is 0 Å². The first kappa shape index (κ1) is 11.4. The molecule has 3 rings (SSSR count). The summed E-state index contributed by atoms with van der Waals surface area (Å²) in [4.78, 5) is 12.5. The molecule has 1 aromatic heterocycles. The van der Waals surface area contributed by atoms with E-state index in [2.05, 4.69) is 0 Å². The van der Waals surface area contributed by atoms with Crippen molar-refractivity contribution in [2.45, 2.75) is 13.5 Å². The van der Waals surface area contributed by atoms with E-state index in [1.165, 1.54) is 0 Å². The van der Waals surface area contributed by atoms with Crippen LogP contribution in [0.25, 0.3) is 0 Å². The molecule has 0 amide bonds. The van der Waals surface area contributed by atoms with Crippen molar-refractivity contribution in [3.8, 4) is 5.75 Å². The molecule has 0 saturated carbocycles. The van der Waals surface area contributed by atoms with Crippen molar-refractivity contribution in [3.63, 3.8) is 0 Å². The number of benzene rings is 1. The molecule has 1 aliphatic rings. The monoisotopic (exact) mass is 261 g/mol. The fourth-order valence-corrected chi connectivity index (χ4v) is 2.47. The molecule has 2 aromatic rings. The van der Waals surface area contributed by atoms with E-state index in [4.69, 9.17) is 16.3 Å². The van der Waals surface area contributed by atoms with Crippen LogP contribution in [0.15, 0.2) is 24.3 Å². The highest BCUT2D eigenvalue weighted by Crippen LogP contribution is 2.31. The maximum atomic E-state index is 12.5. The van der Waals surface area contributed by atoms with Gasteiger partial charge in [-0.15, -0.1) is 0 Å². The lowest BCUT2D eigenvalue weighted by molar-refractivity contribution is 0.103. The number of aryl methyl sites for hydroxylation is 1. The van der Waals surface area contributed by atoms with E-state index in [1.54, 1.807) is 18.2 Å². The van der Waals surface area contributed by atoms with Crippen LogP contribution in [-0.2, 0) is 13.7 Å². The molecule has 2 heterocycles. The minimum absolute atomic E-state index is 0.00948. The van der Waals surface area contributed by atoms with Crippen LogP contribution in [0, 0.1) is 6.92 Å². The van der Waals surface area contributed by atoms with Crippen molar-refractivity contribution in [1.82, 2.24) is 4.57 Å². The summed E-state index contributed by atoms with van der Waals surface area (Å²) in [5, 5.41) is 0.573. The summed E-state index contributed by atoms with van der Waals surface area (Å²) in [6.07, 6.45) is 0. The molecule has 0 spiro atoms. The molecule has 92 valence electrons. The number of halogens is 1. The number of aromatic nitrogens is 1. The van der Waals surface area contributed by atoms with Gasteiger partial charge in [0.05, 0.1) is 11.3 Å². The molecule has 1 aliphatic heterocycles. The van der Waals surface area contributed by atoms with E-state index < -0.39 is 0 Å². The number of hydrogen-bond donors (Lipinski definition) is 0. The topological polar surface area (TPSA) is 31.2 Å². The Hall–Kier alpha value is -1.74. The zero-order valence-corrected chi connectivity index (χ0v) is 10.9. The Morgan fingerprint density at radius 3 is 2.89 bits per heavy atom. The summed E-state index contributed by atoms with van der Waals surface area (Å²) in [6.45, 7) is 2.38. The van der Waals surface area contributed by atoms with Crippen molar-refractivity contribution >= 4 is 17.4 Å². The highest BCUT2D eigenvalue weighted by atomic mass is 35.5. The predicted octanol–water partition coefficient (Wildman–Crippen LogP) is 3.11. The number of ether oxygens (including phenoxy) is 1. The zero-order valence-electron chi connectivity index (χ0n) is 10.2. The van der Waals surface area contributed by atoms with Gasteiger partial charge < -0.3 is 9.30 Å². The van der Waals surface area contributed by atoms with Crippen molar-refractivity contribution < 1.29 is 9.53 Å². The first-order chi connectivity index (χ1) is 8.58. The van der Waals surface area contributed by atoms with Gasteiger partial charge in [-0.3, -0.25) is 4.79 Å². The van der Waals surface area contributed by atoms with Gasteiger partial charge in [-0.2, -0.15) is 0 Å². The van der Waals surface area contributed by atoms with Gasteiger partial charge in [0.2, 0.25) is 5.78 Å². The predicted molar refractivity (Wildman–Crippen MR) is 69.4 cm³/mol. The molecule has 0 radical (unpaired) electrons. The van der Waals surface area contributed by atoms with Crippen LogP contribution >= 0.6 is 11.6 Å². The van der Waals surface area contributed by atoms with E-state index in [9.17, 15) is 4.79 Å². The Morgan fingerprint density at radius 2 is 2.11 bits per heavy atom. The van der Waals surface area contributed by atoms with Gasteiger partial charge in [-0.05, 0) is 31.2 Å². The molecule has 0 fully saturated rings. The number of nitrogens with zero attached hydrogens (tertiary/aromatic N) is 1. The maximum absolute atomic E-state index is 12.5. The Morgan fingerprint density at radius 1 is 1.33 bits per heavy atom. The van der Waals surface area contributed by atoms with Crippen LogP contribution in [0.2, 0.25) is 5.02 Å². The summed E-state index contributed by atoms with van der Waals surface area (Å²) >= 11 is 5.92. The summed E-state index contributed by atoms with van der Waals surface area (Å²) in [5.41, 5.74) is 3.25. The number of carbonyl (C=O) groups excluding carboxylic acids is 1. The van der Waals surface area contributed by atoms with E-state index >= 15 is 0 Å². The molecule has 0 N–H and O–H groups in total. The van der Waals surface area contributed by atoms with Gasteiger partial charge in [0, 0.05) is 23.3 Å². The van der Waals surface area contributed by atoms with E-state index in [0.717, 1.165) is 11.3 Å². The van der Waals surface area contributed by atoms with Crippen molar-refractivity contribution in [3.05, 3.63) is 51.8 Å². The van der Waals surface area contributed by atoms with Crippen molar-refractivity contribution in [2.75, 3.05) is 0 Å². The minimum Gasteiger partial charge on any atom is -0.488 e. The lowest BCUT2D eigenvalue weighted by atomic mass is 10.1.